The van der Waals surface area contributed by atoms with E-state index in [9.17, 15) is 4.79 Å². The molecule has 1 aromatic heterocycles. The third kappa shape index (κ3) is 4.33. The molecule has 1 amide bonds. The Balaban J connectivity index is 1.51. The van der Waals surface area contributed by atoms with E-state index in [4.69, 9.17) is 4.74 Å². The minimum Gasteiger partial charge on any atom is -0.494 e. The minimum absolute atomic E-state index is 0.0508. The van der Waals surface area contributed by atoms with Crippen molar-refractivity contribution in [2.45, 2.75) is 45.1 Å². The van der Waals surface area contributed by atoms with Crippen LogP contribution in [0.2, 0.25) is 0 Å². The van der Waals surface area contributed by atoms with E-state index in [-0.39, 0.29) is 5.91 Å². The topological polar surface area (TPSA) is 50.4 Å². The maximum Gasteiger partial charge on any atom is 0.265 e. The Kier molecular flexibility index (Phi) is 6.32. The zero-order valence-corrected chi connectivity index (χ0v) is 16.0. The van der Waals surface area contributed by atoms with Crippen LogP contribution in [0, 0.1) is 5.92 Å². The van der Waals surface area contributed by atoms with Crippen LogP contribution in [0.1, 0.15) is 48.7 Å². The van der Waals surface area contributed by atoms with Crippen molar-refractivity contribution in [3.05, 3.63) is 29.1 Å². The van der Waals surface area contributed by atoms with E-state index in [1.165, 1.54) is 43.4 Å². The van der Waals surface area contributed by atoms with Gasteiger partial charge in [-0.3, -0.25) is 4.79 Å². The second-order valence-corrected chi connectivity index (χ2v) is 7.91. The Hall–Kier alpha value is -1.59. The average molecular weight is 361 g/mol. The van der Waals surface area contributed by atoms with Gasteiger partial charge in [0.2, 0.25) is 0 Å². The highest BCUT2D eigenvalue weighted by molar-refractivity contribution is 7.21. The van der Waals surface area contributed by atoms with Gasteiger partial charge in [-0.2, -0.15) is 0 Å². The van der Waals surface area contributed by atoms with Crippen molar-refractivity contribution in [2.75, 3.05) is 20.2 Å². The number of ether oxygens (including phenoxy) is 1. The van der Waals surface area contributed by atoms with E-state index in [0.717, 1.165) is 22.5 Å². The molecular weight excluding hydrogens is 332 g/mol. The average Bonchev–Trinajstić information content (AvgIpc) is 3.04. The first kappa shape index (κ1) is 18.2. The maximum absolute atomic E-state index is 12.5. The fourth-order valence-electron chi connectivity index (χ4n) is 3.73. The fraction of sp³-hybridized carbons (Fsp3) is 0.550. The molecule has 0 saturated heterocycles. The zero-order valence-electron chi connectivity index (χ0n) is 15.1. The molecule has 1 unspecified atom stereocenters. The van der Waals surface area contributed by atoms with Crippen LogP contribution in [0.5, 0.6) is 5.75 Å². The third-order valence-corrected chi connectivity index (χ3v) is 6.34. The van der Waals surface area contributed by atoms with Gasteiger partial charge in [-0.05, 0) is 37.8 Å². The lowest BCUT2D eigenvalue weighted by Gasteiger charge is -2.28. The molecule has 0 radical (unpaired) electrons. The summed E-state index contributed by atoms with van der Waals surface area (Å²) < 4.78 is 6.55. The molecule has 2 aromatic rings. The molecule has 1 saturated carbocycles. The molecule has 1 aliphatic carbocycles. The molecule has 1 heterocycles. The molecule has 0 bridgehead atoms. The Labute approximate surface area is 154 Å². The van der Waals surface area contributed by atoms with Crippen LogP contribution in [0.15, 0.2) is 24.3 Å². The van der Waals surface area contributed by atoms with E-state index in [1.807, 2.05) is 24.3 Å². The first-order valence-corrected chi connectivity index (χ1v) is 10.1. The summed E-state index contributed by atoms with van der Waals surface area (Å²) in [5.41, 5.74) is 0. The van der Waals surface area contributed by atoms with E-state index in [1.54, 1.807) is 7.11 Å². The van der Waals surface area contributed by atoms with Crippen molar-refractivity contribution in [2.24, 2.45) is 5.92 Å². The highest BCUT2D eigenvalue weighted by Gasteiger charge is 2.20. The van der Waals surface area contributed by atoms with Gasteiger partial charge in [-0.1, -0.05) is 31.4 Å². The molecule has 5 heteroatoms. The lowest BCUT2D eigenvalue weighted by molar-refractivity contribution is 0.0954. The third-order valence-electron chi connectivity index (χ3n) is 5.19. The van der Waals surface area contributed by atoms with Crippen LogP contribution < -0.4 is 15.4 Å². The normalized spacial score (nSPS) is 16.7. The number of hydrogen-bond acceptors (Lipinski definition) is 4. The SMILES string of the molecule is COc1c(C(=O)NCCNC(C)C2CCCCC2)sc2ccccc12. The number of thiophene rings is 1. The predicted molar refractivity (Wildman–Crippen MR) is 105 cm³/mol. The lowest BCUT2D eigenvalue weighted by atomic mass is 9.84. The number of carbonyl (C=O) groups excluding carboxylic acids is 1. The van der Waals surface area contributed by atoms with Crippen LogP contribution in [0.25, 0.3) is 10.1 Å². The van der Waals surface area contributed by atoms with Crippen LogP contribution in [-0.4, -0.2) is 32.1 Å². The zero-order chi connectivity index (χ0) is 17.6. The van der Waals surface area contributed by atoms with Crippen molar-refractivity contribution in [1.82, 2.24) is 10.6 Å². The number of fused-ring (bicyclic) bond motifs is 1. The van der Waals surface area contributed by atoms with E-state index in [0.29, 0.717) is 23.2 Å². The molecule has 1 aliphatic rings. The molecular formula is C20H28N2O2S. The number of rotatable bonds is 7. The molecule has 136 valence electrons. The first-order chi connectivity index (χ1) is 12.2. The van der Waals surface area contributed by atoms with E-state index >= 15 is 0 Å². The van der Waals surface area contributed by atoms with Crippen molar-refractivity contribution < 1.29 is 9.53 Å². The summed E-state index contributed by atoms with van der Waals surface area (Å²) in [5, 5.41) is 7.60. The summed E-state index contributed by atoms with van der Waals surface area (Å²) in [6, 6.07) is 8.49. The Morgan fingerprint density at radius 2 is 2.00 bits per heavy atom. The minimum atomic E-state index is -0.0508. The van der Waals surface area contributed by atoms with Crippen molar-refractivity contribution in [1.29, 1.82) is 0 Å². The number of nitrogens with one attached hydrogen (secondary N) is 2. The van der Waals surface area contributed by atoms with Crippen LogP contribution in [-0.2, 0) is 0 Å². The summed E-state index contributed by atoms with van der Waals surface area (Å²) in [6.45, 7) is 3.71. The second-order valence-electron chi connectivity index (χ2n) is 6.86. The summed E-state index contributed by atoms with van der Waals surface area (Å²) in [5.74, 6) is 1.42. The maximum atomic E-state index is 12.5. The van der Waals surface area contributed by atoms with Crippen LogP contribution in [0.4, 0.5) is 0 Å². The Morgan fingerprint density at radius 1 is 1.24 bits per heavy atom. The van der Waals surface area contributed by atoms with Gasteiger partial charge in [0.05, 0.1) is 7.11 Å². The Morgan fingerprint density at radius 3 is 2.76 bits per heavy atom. The molecule has 0 spiro atoms. The molecule has 3 rings (SSSR count). The van der Waals surface area contributed by atoms with Gasteiger partial charge in [0, 0.05) is 29.2 Å². The standard InChI is InChI=1S/C20H28N2O2S/c1-14(15-8-4-3-5-9-15)21-12-13-22-20(23)19-18(24-2)16-10-6-7-11-17(16)25-19/h6-7,10-11,14-15,21H,3-5,8-9,12-13H2,1-2H3,(H,22,23). The summed E-state index contributed by atoms with van der Waals surface area (Å²) in [6.07, 6.45) is 6.77. The first-order valence-electron chi connectivity index (χ1n) is 9.28. The molecule has 1 fully saturated rings. The molecule has 25 heavy (non-hydrogen) atoms. The van der Waals surface area contributed by atoms with Gasteiger partial charge >= 0.3 is 0 Å². The Bertz CT molecular complexity index is 707. The summed E-state index contributed by atoms with van der Waals surface area (Å²) in [4.78, 5) is 13.2. The highest BCUT2D eigenvalue weighted by Crippen LogP contribution is 2.37. The number of carbonyl (C=O) groups is 1. The number of amides is 1. The van der Waals surface area contributed by atoms with Crippen molar-refractivity contribution in [3.63, 3.8) is 0 Å². The second kappa shape index (κ2) is 8.68. The lowest BCUT2D eigenvalue weighted by Crippen LogP contribution is -2.39. The monoisotopic (exact) mass is 360 g/mol. The smallest absolute Gasteiger partial charge is 0.265 e. The van der Waals surface area contributed by atoms with Crippen LogP contribution >= 0.6 is 11.3 Å². The highest BCUT2D eigenvalue weighted by atomic mass is 32.1. The van der Waals surface area contributed by atoms with E-state index < -0.39 is 0 Å². The van der Waals surface area contributed by atoms with Gasteiger partial charge < -0.3 is 15.4 Å². The quantitative estimate of drug-likeness (QED) is 0.728. The number of methoxy groups -OCH3 is 1. The van der Waals surface area contributed by atoms with Gasteiger partial charge in [-0.15, -0.1) is 11.3 Å². The molecule has 4 nitrogen and oxygen atoms in total. The largest absolute Gasteiger partial charge is 0.494 e. The van der Waals surface area contributed by atoms with Gasteiger partial charge in [0.25, 0.3) is 5.91 Å². The van der Waals surface area contributed by atoms with Crippen molar-refractivity contribution >= 4 is 27.3 Å². The van der Waals surface area contributed by atoms with Crippen molar-refractivity contribution in [3.8, 4) is 5.75 Å². The molecule has 2 N–H and O–H groups in total. The molecule has 0 aliphatic heterocycles. The number of benzene rings is 1. The summed E-state index contributed by atoms with van der Waals surface area (Å²) >= 11 is 1.49. The van der Waals surface area contributed by atoms with Crippen LogP contribution in [0.3, 0.4) is 0 Å². The van der Waals surface area contributed by atoms with Gasteiger partial charge in [0.15, 0.2) is 0 Å². The van der Waals surface area contributed by atoms with Gasteiger partial charge in [-0.25, -0.2) is 0 Å². The van der Waals surface area contributed by atoms with E-state index in [2.05, 4.69) is 17.6 Å². The molecule has 1 atom stereocenters. The fourth-order valence-corrected chi connectivity index (χ4v) is 4.82. The number of hydrogen-bond donors (Lipinski definition) is 2. The molecule has 1 aromatic carbocycles. The van der Waals surface area contributed by atoms with Gasteiger partial charge in [0.1, 0.15) is 10.6 Å². The predicted octanol–water partition coefficient (Wildman–Crippen LogP) is 4.20. The summed E-state index contributed by atoms with van der Waals surface area (Å²) in [7, 11) is 1.62.